The molecule has 1 fully saturated rings. The summed E-state index contributed by atoms with van der Waals surface area (Å²) in [6.07, 6.45) is 0.242. The van der Waals surface area contributed by atoms with Crippen LogP contribution in [0.1, 0.15) is 19.8 Å². The maximum atomic E-state index is 12.6. The van der Waals surface area contributed by atoms with Gasteiger partial charge in [0.05, 0.1) is 9.82 Å². The molecule has 1 amide bonds. The summed E-state index contributed by atoms with van der Waals surface area (Å²) in [6, 6.07) is 2.48. The van der Waals surface area contributed by atoms with E-state index in [1.165, 1.54) is 0 Å². The number of hydrogen-bond donors (Lipinski definition) is 1. The predicted molar refractivity (Wildman–Crippen MR) is 77.0 cm³/mol. The maximum Gasteiger partial charge on any atom is 0.327 e. The van der Waals surface area contributed by atoms with Crippen LogP contribution < -0.4 is 0 Å². The average molecular weight is 342 g/mol. The summed E-state index contributed by atoms with van der Waals surface area (Å²) in [7, 11) is -4.39. The molecule has 0 spiro atoms. The number of benzene rings is 1. The molecule has 1 aliphatic rings. The number of nitrogens with zero attached hydrogens (tertiary/aromatic N) is 2. The van der Waals surface area contributed by atoms with Crippen LogP contribution in [0, 0.1) is 16.0 Å². The standard InChI is InChI=1S/C13H14N2O7S/c1-2-8-7-11(13(17)18)14(12(8)16)23(21,22)10-5-3-9(4-6-10)15(19)20/h3-6,8,11H,2,7H2,1H3,(H,17,18)/t8-,11+/m1/s1. The lowest BCUT2D eigenvalue weighted by atomic mass is 10.0. The number of carboxylic acid groups (broad SMARTS) is 1. The second-order valence-corrected chi connectivity index (χ2v) is 6.90. The van der Waals surface area contributed by atoms with Gasteiger partial charge in [0.1, 0.15) is 6.04 Å². The van der Waals surface area contributed by atoms with E-state index in [4.69, 9.17) is 0 Å². The minimum atomic E-state index is -4.39. The quantitative estimate of drug-likeness (QED) is 0.622. The van der Waals surface area contributed by atoms with E-state index in [9.17, 15) is 33.2 Å². The molecule has 0 unspecified atom stereocenters. The number of non-ortho nitro benzene ring substituents is 1. The van der Waals surface area contributed by atoms with Crippen LogP contribution in [0.15, 0.2) is 29.2 Å². The topological polar surface area (TPSA) is 135 Å². The number of nitro groups is 1. The Hall–Kier alpha value is -2.49. The van der Waals surface area contributed by atoms with E-state index < -0.39 is 38.8 Å². The van der Waals surface area contributed by atoms with Crippen molar-refractivity contribution in [3.8, 4) is 0 Å². The number of carbonyl (C=O) groups excluding carboxylic acids is 1. The van der Waals surface area contributed by atoms with Crippen LogP contribution in [0.4, 0.5) is 5.69 Å². The maximum absolute atomic E-state index is 12.6. The van der Waals surface area contributed by atoms with Crippen molar-refractivity contribution in [1.29, 1.82) is 0 Å². The minimum absolute atomic E-state index is 0.0864. The molecule has 1 N–H and O–H groups in total. The summed E-state index contributed by atoms with van der Waals surface area (Å²) in [5.41, 5.74) is -0.307. The van der Waals surface area contributed by atoms with Crippen molar-refractivity contribution in [2.45, 2.75) is 30.7 Å². The van der Waals surface area contributed by atoms with E-state index in [2.05, 4.69) is 0 Å². The zero-order valence-corrected chi connectivity index (χ0v) is 12.9. The summed E-state index contributed by atoms with van der Waals surface area (Å²) in [5, 5.41) is 19.8. The molecule has 23 heavy (non-hydrogen) atoms. The normalized spacial score (nSPS) is 21.4. The molecule has 124 valence electrons. The van der Waals surface area contributed by atoms with E-state index in [1.54, 1.807) is 6.92 Å². The van der Waals surface area contributed by atoms with E-state index in [0.29, 0.717) is 10.7 Å². The van der Waals surface area contributed by atoms with Crippen molar-refractivity contribution < 1.29 is 28.0 Å². The highest BCUT2D eigenvalue weighted by molar-refractivity contribution is 7.89. The molecule has 2 rings (SSSR count). The summed E-state index contributed by atoms with van der Waals surface area (Å²) < 4.78 is 25.5. The molecule has 0 aromatic heterocycles. The van der Waals surface area contributed by atoms with Crippen molar-refractivity contribution in [1.82, 2.24) is 4.31 Å². The summed E-state index contributed by atoms with van der Waals surface area (Å²) >= 11 is 0. The first-order chi connectivity index (χ1) is 10.7. The fourth-order valence-corrected chi connectivity index (χ4v) is 4.09. The number of aliphatic carboxylic acids is 1. The first-order valence-electron chi connectivity index (χ1n) is 6.75. The van der Waals surface area contributed by atoms with Gasteiger partial charge in [0.15, 0.2) is 0 Å². The van der Waals surface area contributed by atoms with Gasteiger partial charge in [-0.3, -0.25) is 14.9 Å². The fourth-order valence-electron chi connectivity index (χ4n) is 2.48. The van der Waals surface area contributed by atoms with E-state index in [1.807, 2.05) is 0 Å². The van der Waals surface area contributed by atoms with Crippen LogP contribution in [0.3, 0.4) is 0 Å². The molecule has 1 heterocycles. The summed E-state index contributed by atoms with van der Waals surface area (Å²) in [6.45, 7) is 1.67. The Labute approximate surface area is 131 Å². The van der Waals surface area contributed by atoms with Gasteiger partial charge in [-0.25, -0.2) is 17.5 Å². The van der Waals surface area contributed by atoms with Gasteiger partial charge in [0.25, 0.3) is 15.7 Å². The Kier molecular flexibility index (Phi) is 4.37. The number of sulfonamides is 1. The molecule has 9 nitrogen and oxygen atoms in total. The number of hydrogen-bond acceptors (Lipinski definition) is 6. The molecule has 2 atom stereocenters. The van der Waals surface area contributed by atoms with Gasteiger partial charge in [-0.2, -0.15) is 0 Å². The highest BCUT2D eigenvalue weighted by Gasteiger charge is 2.49. The smallest absolute Gasteiger partial charge is 0.327 e. The number of carboxylic acids is 1. The SMILES string of the molecule is CC[C@@H]1C[C@@H](C(=O)O)N(S(=O)(=O)c2ccc([N+](=O)[O-])cc2)C1=O. The molecule has 10 heteroatoms. The molecule has 1 saturated heterocycles. The molecule has 1 aliphatic heterocycles. The van der Waals surface area contributed by atoms with Crippen molar-refractivity contribution in [2.75, 3.05) is 0 Å². The Morgan fingerprint density at radius 1 is 1.39 bits per heavy atom. The third kappa shape index (κ3) is 2.89. The number of rotatable bonds is 5. The highest BCUT2D eigenvalue weighted by Crippen LogP contribution is 2.33. The van der Waals surface area contributed by atoms with Crippen LogP contribution in [0.25, 0.3) is 0 Å². The highest BCUT2D eigenvalue weighted by atomic mass is 32.2. The van der Waals surface area contributed by atoms with E-state index in [0.717, 1.165) is 24.3 Å². The van der Waals surface area contributed by atoms with Crippen LogP contribution in [-0.4, -0.2) is 40.7 Å². The van der Waals surface area contributed by atoms with Gasteiger partial charge in [-0.1, -0.05) is 6.92 Å². The van der Waals surface area contributed by atoms with Gasteiger partial charge in [0.2, 0.25) is 5.91 Å². The first kappa shape index (κ1) is 16.9. The lowest BCUT2D eigenvalue weighted by Crippen LogP contribution is -2.43. The second-order valence-electron chi connectivity index (χ2n) is 5.09. The Balaban J connectivity index is 2.46. The van der Waals surface area contributed by atoms with Crippen LogP contribution in [0.2, 0.25) is 0 Å². The third-order valence-corrected chi connectivity index (χ3v) is 5.56. The molecule has 0 aliphatic carbocycles. The van der Waals surface area contributed by atoms with Crippen molar-refractivity contribution in [3.05, 3.63) is 34.4 Å². The van der Waals surface area contributed by atoms with Crippen molar-refractivity contribution in [3.63, 3.8) is 0 Å². The fraction of sp³-hybridized carbons (Fsp3) is 0.385. The zero-order valence-electron chi connectivity index (χ0n) is 12.1. The Morgan fingerprint density at radius 3 is 2.39 bits per heavy atom. The lowest BCUT2D eigenvalue weighted by Gasteiger charge is -2.21. The van der Waals surface area contributed by atoms with Gasteiger partial charge >= 0.3 is 5.97 Å². The van der Waals surface area contributed by atoms with Gasteiger partial charge in [-0.15, -0.1) is 0 Å². The van der Waals surface area contributed by atoms with Crippen molar-refractivity contribution in [2.24, 2.45) is 5.92 Å². The van der Waals surface area contributed by atoms with Crippen molar-refractivity contribution >= 4 is 27.6 Å². The predicted octanol–water partition coefficient (Wildman–Crippen LogP) is 0.995. The summed E-state index contributed by atoms with van der Waals surface area (Å²) in [4.78, 5) is 33.1. The van der Waals surface area contributed by atoms with Crippen LogP contribution >= 0.6 is 0 Å². The lowest BCUT2D eigenvalue weighted by molar-refractivity contribution is -0.384. The molecular weight excluding hydrogens is 328 g/mol. The number of carbonyl (C=O) groups is 2. The van der Waals surface area contributed by atoms with Gasteiger partial charge in [-0.05, 0) is 25.0 Å². The monoisotopic (exact) mass is 342 g/mol. The second kappa shape index (κ2) is 5.95. The molecule has 0 radical (unpaired) electrons. The van der Waals surface area contributed by atoms with Crippen LogP contribution in [0.5, 0.6) is 0 Å². The molecule has 1 aromatic carbocycles. The molecule has 0 bridgehead atoms. The van der Waals surface area contributed by atoms with Gasteiger partial charge in [0, 0.05) is 18.1 Å². The molecule has 1 aromatic rings. The summed E-state index contributed by atoms with van der Waals surface area (Å²) in [5.74, 6) is -2.85. The third-order valence-electron chi connectivity index (χ3n) is 3.74. The van der Waals surface area contributed by atoms with Crippen LogP contribution in [-0.2, 0) is 19.6 Å². The molecule has 0 saturated carbocycles. The number of amides is 1. The first-order valence-corrected chi connectivity index (χ1v) is 8.19. The molecular formula is C13H14N2O7S. The van der Waals surface area contributed by atoms with E-state index in [-0.39, 0.29) is 17.0 Å². The Bertz CT molecular complexity index is 757. The zero-order chi connectivity index (χ0) is 17.4. The minimum Gasteiger partial charge on any atom is -0.480 e. The van der Waals surface area contributed by atoms with Gasteiger partial charge < -0.3 is 5.11 Å². The Morgan fingerprint density at radius 2 is 1.96 bits per heavy atom. The average Bonchev–Trinajstić information content (AvgIpc) is 2.85. The van der Waals surface area contributed by atoms with E-state index >= 15 is 0 Å². The largest absolute Gasteiger partial charge is 0.480 e. The number of nitro benzene ring substituents is 1.